The molecule has 4 rings (SSSR count). The predicted molar refractivity (Wildman–Crippen MR) is 107 cm³/mol. The smallest absolute Gasteiger partial charge is 0.234 e. The van der Waals surface area contributed by atoms with Gasteiger partial charge in [0.15, 0.2) is 12.1 Å². The monoisotopic (exact) mass is 397 g/mol. The fourth-order valence-electron chi connectivity index (χ4n) is 2.62. The van der Waals surface area contributed by atoms with Gasteiger partial charge in [0.2, 0.25) is 4.96 Å². The number of fused-ring (bicyclic) bond motifs is 1. The van der Waals surface area contributed by atoms with Crippen LogP contribution in [0.15, 0.2) is 48.5 Å². The molecular formula is C19H19N5O3S. The van der Waals surface area contributed by atoms with Crippen molar-refractivity contribution < 1.29 is 14.6 Å². The molecule has 0 amide bonds. The lowest BCUT2D eigenvalue weighted by Gasteiger charge is -2.15. The van der Waals surface area contributed by atoms with E-state index in [0.717, 1.165) is 32.8 Å². The second-order valence-electron chi connectivity index (χ2n) is 6.07. The van der Waals surface area contributed by atoms with Crippen molar-refractivity contribution >= 4 is 22.0 Å². The molecule has 1 atom stereocenters. The van der Waals surface area contributed by atoms with E-state index in [1.807, 2.05) is 31.2 Å². The number of hydrogen-bond donors (Lipinski definition) is 2. The zero-order chi connectivity index (χ0) is 19.5. The van der Waals surface area contributed by atoms with Crippen LogP contribution in [0.5, 0.6) is 11.5 Å². The van der Waals surface area contributed by atoms with E-state index in [1.54, 1.807) is 35.9 Å². The number of anilines is 1. The number of aromatic nitrogens is 4. The Morgan fingerprint density at radius 2 is 1.79 bits per heavy atom. The quantitative estimate of drug-likeness (QED) is 0.463. The van der Waals surface area contributed by atoms with E-state index in [0.29, 0.717) is 5.75 Å². The van der Waals surface area contributed by atoms with Gasteiger partial charge in [-0.05, 0) is 55.5 Å². The van der Waals surface area contributed by atoms with Gasteiger partial charge in [-0.2, -0.15) is 9.61 Å². The molecule has 0 aliphatic carbocycles. The summed E-state index contributed by atoms with van der Waals surface area (Å²) in [5.41, 5.74) is 1.76. The van der Waals surface area contributed by atoms with Gasteiger partial charge in [0, 0.05) is 11.3 Å². The van der Waals surface area contributed by atoms with Crippen molar-refractivity contribution in [3.8, 4) is 22.1 Å². The Morgan fingerprint density at radius 1 is 1.07 bits per heavy atom. The number of ether oxygens (including phenoxy) is 2. The molecular weight excluding hydrogens is 378 g/mol. The highest BCUT2D eigenvalue weighted by molar-refractivity contribution is 7.19. The molecule has 4 aromatic rings. The van der Waals surface area contributed by atoms with Gasteiger partial charge in [-0.25, -0.2) is 0 Å². The summed E-state index contributed by atoms with van der Waals surface area (Å²) in [6, 6.07) is 14.9. The molecule has 0 aliphatic rings. The van der Waals surface area contributed by atoms with Crippen molar-refractivity contribution in [2.75, 3.05) is 19.0 Å². The van der Waals surface area contributed by atoms with Crippen LogP contribution in [0.1, 0.15) is 5.82 Å². The van der Waals surface area contributed by atoms with Crippen LogP contribution in [-0.2, 0) is 0 Å². The average Bonchev–Trinajstić information content (AvgIpc) is 3.29. The van der Waals surface area contributed by atoms with Crippen LogP contribution in [0.2, 0.25) is 0 Å². The molecule has 144 valence electrons. The van der Waals surface area contributed by atoms with Crippen LogP contribution < -0.4 is 14.8 Å². The Morgan fingerprint density at radius 3 is 2.46 bits per heavy atom. The fourth-order valence-corrected chi connectivity index (χ4v) is 3.51. The van der Waals surface area contributed by atoms with E-state index < -0.39 is 6.23 Å². The van der Waals surface area contributed by atoms with E-state index in [2.05, 4.69) is 20.6 Å². The maximum atomic E-state index is 10.2. The number of nitrogens with zero attached hydrogens (tertiary/aromatic N) is 4. The minimum Gasteiger partial charge on any atom is -0.497 e. The second kappa shape index (κ2) is 7.83. The third kappa shape index (κ3) is 3.90. The summed E-state index contributed by atoms with van der Waals surface area (Å²) in [6.07, 6.45) is -0.843. The van der Waals surface area contributed by atoms with Crippen molar-refractivity contribution in [2.24, 2.45) is 0 Å². The molecule has 2 aromatic carbocycles. The third-order valence-corrected chi connectivity index (χ3v) is 5.03. The summed E-state index contributed by atoms with van der Waals surface area (Å²) in [5.74, 6) is 2.18. The highest BCUT2D eigenvalue weighted by atomic mass is 32.1. The molecule has 2 heterocycles. The van der Waals surface area contributed by atoms with Crippen LogP contribution in [0.25, 0.3) is 15.5 Å². The average molecular weight is 397 g/mol. The predicted octanol–water partition coefficient (Wildman–Crippen LogP) is 2.98. The van der Waals surface area contributed by atoms with Gasteiger partial charge in [0.25, 0.3) is 0 Å². The second-order valence-corrected chi connectivity index (χ2v) is 7.03. The number of methoxy groups -OCH3 is 1. The van der Waals surface area contributed by atoms with E-state index >= 15 is 0 Å². The van der Waals surface area contributed by atoms with E-state index in [-0.39, 0.29) is 6.61 Å². The zero-order valence-electron chi connectivity index (χ0n) is 15.4. The highest BCUT2D eigenvalue weighted by Gasteiger charge is 2.11. The third-order valence-electron chi connectivity index (χ3n) is 4.08. The summed E-state index contributed by atoms with van der Waals surface area (Å²) in [4.78, 5) is 0.765. The number of aliphatic hydroxyl groups excluding tert-OH is 1. The van der Waals surface area contributed by atoms with Crippen LogP contribution in [0, 0.1) is 6.92 Å². The van der Waals surface area contributed by atoms with Gasteiger partial charge in [0.1, 0.15) is 23.1 Å². The molecule has 2 aromatic heterocycles. The highest BCUT2D eigenvalue weighted by Crippen LogP contribution is 2.26. The largest absolute Gasteiger partial charge is 0.497 e. The molecule has 8 nitrogen and oxygen atoms in total. The Kier molecular flexibility index (Phi) is 5.09. The van der Waals surface area contributed by atoms with Gasteiger partial charge in [-0.1, -0.05) is 11.3 Å². The van der Waals surface area contributed by atoms with E-state index in [4.69, 9.17) is 9.47 Å². The zero-order valence-corrected chi connectivity index (χ0v) is 16.2. The lowest BCUT2D eigenvalue weighted by Crippen LogP contribution is -2.26. The topological polar surface area (TPSA) is 93.8 Å². The van der Waals surface area contributed by atoms with Crippen LogP contribution >= 0.6 is 11.3 Å². The maximum absolute atomic E-state index is 10.2. The van der Waals surface area contributed by atoms with Crippen molar-refractivity contribution in [3.05, 3.63) is 54.4 Å². The summed E-state index contributed by atoms with van der Waals surface area (Å²) >= 11 is 1.48. The first kappa shape index (κ1) is 18.2. The lowest BCUT2D eigenvalue weighted by atomic mass is 10.2. The Bertz CT molecular complexity index is 1060. The molecule has 1 unspecified atom stereocenters. The molecule has 0 saturated carbocycles. The standard InChI is InChI=1S/C19H19N5O3S/c1-12-21-22-19-24(12)23-18(28-19)13-3-5-14(6-4-13)20-17(25)11-27-16-9-7-15(26-2)8-10-16/h3-10,17,20,25H,11H2,1-2H3. The van der Waals surface area contributed by atoms with Gasteiger partial charge < -0.3 is 19.9 Å². The van der Waals surface area contributed by atoms with Crippen LogP contribution in [-0.4, -0.2) is 44.9 Å². The van der Waals surface area contributed by atoms with Crippen molar-refractivity contribution in [1.82, 2.24) is 19.8 Å². The number of nitrogens with one attached hydrogen (secondary N) is 1. The molecule has 28 heavy (non-hydrogen) atoms. The van der Waals surface area contributed by atoms with Crippen molar-refractivity contribution in [1.29, 1.82) is 0 Å². The van der Waals surface area contributed by atoms with Gasteiger partial charge >= 0.3 is 0 Å². The Balaban J connectivity index is 1.35. The molecule has 0 aliphatic heterocycles. The van der Waals surface area contributed by atoms with E-state index in [9.17, 15) is 5.11 Å². The maximum Gasteiger partial charge on any atom is 0.234 e. The number of rotatable bonds is 7. The van der Waals surface area contributed by atoms with Gasteiger partial charge in [-0.15, -0.1) is 10.2 Å². The first-order valence-corrected chi connectivity index (χ1v) is 9.45. The Labute approximate surface area is 165 Å². The lowest BCUT2D eigenvalue weighted by molar-refractivity contribution is 0.129. The molecule has 0 fully saturated rings. The van der Waals surface area contributed by atoms with Crippen LogP contribution in [0.4, 0.5) is 5.69 Å². The van der Waals surface area contributed by atoms with E-state index in [1.165, 1.54) is 11.3 Å². The van der Waals surface area contributed by atoms with Crippen molar-refractivity contribution in [2.45, 2.75) is 13.2 Å². The molecule has 0 radical (unpaired) electrons. The molecule has 0 saturated heterocycles. The summed E-state index contributed by atoms with van der Waals surface area (Å²) in [6.45, 7) is 1.98. The number of benzene rings is 2. The number of aryl methyl sites for hydroxylation is 1. The minimum atomic E-state index is -0.843. The first-order chi connectivity index (χ1) is 13.6. The molecule has 9 heteroatoms. The fraction of sp³-hybridized carbons (Fsp3) is 0.211. The Hall–Kier alpha value is -3.17. The number of hydrogen-bond acceptors (Lipinski definition) is 8. The summed E-state index contributed by atoms with van der Waals surface area (Å²) < 4.78 is 12.4. The number of aliphatic hydroxyl groups is 1. The summed E-state index contributed by atoms with van der Waals surface area (Å²) in [7, 11) is 1.61. The summed E-state index contributed by atoms with van der Waals surface area (Å²) in [5, 5.41) is 26.6. The first-order valence-electron chi connectivity index (χ1n) is 8.63. The van der Waals surface area contributed by atoms with Gasteiger partial charge in [-0.3, -0.25) is 0 Å². The van der Waals surface area contributed by atoms with Crippen LogP contribution in [0.3, 0.4) is 0 Å². The van der Waals surface area contributed by atoms with Gasteiger partial charge in [0.05, 0.1) is 7.11 Å². The SMILES string of the molecule is COc1ccc(OCC(O)Nc2ccc(-c3nn4c(C)nnc4s3)cc2)cc1. The minimum absolute atomic E-state index is 0.115. The molecule has 0 spiro atoms. The molecule has 0 bridgehead atoms. The molecule has 2 N–H and O–H groups in total. The van der Waals surface area contributed by atoms with Crippen molar-refractivity contribution in [3.63, 3.8) is 0 Å². The normalized spacial score (nSPS) is 12.1.